The highest BCUT2D eigenvalue weighted by molar-refractivity contribution is 9.10. The molecular weight excluding hydrogens is 310 g/mol. The fourth-order valence-electron chi connectivity index (χ4n) is 1.73. The zero-order chi connectivity index (χ0) is 14.8. The van der Waals surface area contributed by atoms with E-state index in [0.717, 1.165) is 10.0 Å². The van der Waals surface area contributed by atoms with Gasteiger partial charge in [-0.1, -0.05) is 36.7 Å². The fourth-order valence-corrected chi connectivity index (χ4v) is 2.34. The minimum absolute atomic E-state index is 0.383. The van der Waals surface area contributed by atoms with Crippen LogP contribution in [0.1, 0.15) is 36.7 Å². The molecule has 104 valence electrons. The quantitative estimate of drug-likeness (QED) is 0.896. The van der Waals surface area contributed by atoms with Gasteiger partial charge in [-0.3, -0.25) is 4.79 Å². The van der Waals surface area contributed by atoms with Crippen LogP contribution in [0.25, 0.3) is 0 Å². The maximum Gasteiger partial charge on any atom is 0.326 e. The van der Waals surface area contributed by atoms with Gasteiger partial charge in [0.15, 0.2) is 0 Å². The predicted molar refractivity (Wildman–Crippen MR) is 77.2 cm³/mol. The summed E-state index contributed by atoms with van der Waals surface area (Å²) in [4.78, 5) is 23.3. The number of carboxylic acids is 1. The second kappa shape index (κ2) is 5.74. The average Bonchev–Trinajstić information content (AvgIpc) is 2.21. The lowest BCUT2D eigenvalue weighted by atomic mass is 9.86. The number of carbonyl (C=O) groups is 2. The number of amides is 1. The van der Waals surface area contributed by atoms with Crippen LogP contribution in [-0.4, -0.2) is 23.0 Å². The number of benzene rings is 1. The molecule has 5 heteroatoms. The Bertz CT molecular complexity index is 486. The maximum atomic E-state index is 12.1. The lowest BCUT2D eigenvalue weighted by molar-refractivity contribution is -0.142. The number of carboxylic acid groups (broad SMARTS) is 1. The van der Waals surface area contributed by atoms with Crippen molar-refractivity contribution in [3.05, 3.63) is 33.8 Å². The molecule has 2 N–H and O–H groups in total. The first-order chi connectivity index (χ1) is 8.61. The molecule has 0 bridgehead atoms. The van der Waals surface area contributed by atoms with Crippen molar-refractivity contribution in [3.63, 3.8) is 0 Å². The topological polar surface area (TPSA) is 66.4 Å². The largest absolute Gasteiger partial charge is 0.480 e. The van der Waals surface area contributed by atoms with Crippen molar-refractivity contribution in [2.24, 2.45) is 5.41 Å². The van der Waals surface area contributed by atoms with Crippen LogP contribution in [0.2, 0.25) is 0 Å². The normalized spacial score (nSPS) is 12.9. The molecule has 0 unspecified atom stereocenters. The third-order valence-corrected chi connectivity index (χ3v) is 3.15. The number of carbonyl (C=O) groups excluding carboxylic acids is 1. The van der Waals surface area contributed by atoms with Crippen LogP contribution in [0.5, 0.6) is 0 Å². The Morgan fingerprint density at radius 2 is 1.84 bits per heavy atom. The summed E-state index contributed by atoms with van der Waals surface area (Å²) in [6.45, 7) is 7.20. The molecule has 0 aliphatic carbocycles. The number of hydrogen-bond acceptors (Lipinski definition) is 2. The van der Waals surface area contributed by atoms with Crippen molar-refractivity contribution in [2.75, 3.05) is 0 Å². The molecular formula is C14H18BrNO3. The van der Waals surface area contributed by atoms with E-state index in [9.17, 15) is 14.7 Å². The van der Waals surface area contributed by atoms with E-state index in [1.165, 1.54) is 0 Å². The summed E-state index contributed by atoms with van der Waals surface area (Å²) in [6.07, 6.45) is 0. The van der Waals surface area contributed by atoms with Gasteiger partial charge in [-0.15, -0.1) is 0 Å². The lowest BCUT2D eigenvalue weighted by Crippen LogP contribution is -2.49. The van der Waals surface area contributed by atoms with E-state index in [2.05, 4.69) is 21.2 Å². The molecule has 1 rings (SSSR count). The first kappa shape index (κ1) is 15.7. The lowest BCUT2D eigenvalue weighted by Gasteiger charge is -2.27. The Labute approximate surface area is 121 Å². The van der Waals surface area contributed by atoms with Gasteiger partial charge in [-0.05, 0) is 36.1 Å². The number of hydrogen-bond donors (Lipinski definition) is 2. The highest BCUT2D eigenvalue weighted by Gasteiger charge is 2.32. The van der Waals surface area contributed by atoms with Gasteiger partial charge in [0.05, 0.1) is 0 Å². The minimum atomic E-state index is -1.03. The summed E-state index contributed by atoms with van der Waals surface area (Å²) in [5, 5.41) is 11.8. The van der Waals surface area contributed by atoms with Gasteiger partial charge in [0.25, 0.3) is 5.91 Å². The van der Waals surface area contributed by atoms with Crippen LogP contribution >= 0.6 is 15.9 Å². The Balaban J connectivity index is 2.97. The standard InChI is InChI=1S/C14H18BrNO3/c1-8-5-9(7-10(15)6-8)12(17)16-11(13(18)19)14(2,3)4/h5-7,11H,1-4H3,(H,16,17)(H,18,19)/t11-/m0/s1. The highest BCUT2D eigenvalue weighted by atomic mass is 79.9. The summed E-state index contributed by atoms with van der Waals surface area (Å²) >= 11 is 3.32. The van der Waals surface area contributed by atoms with Gasteiger partial charge < -0.3 is 10.4 Å². The predicted octanol–water partition coefficient (Wildman–Crippen LogP) is 2.99. The minimum Gasteiger partial charge on any atom is -0.480 e. The van der Waals surface area contributed by atoms with Crippen molar-refractivity contribution in [2.45, 2.75) is 33.7 Å². The van der Waals surface area contributed by atoms with Crippen molar-refractivity contribution in [1.82, 2.24) is 5.32 Å². The molecule has 0 aliphatic rings. The van der Waals surface area contributed by atoms with Crippen molar-refractivity contribution < 1.29 is 14.7 Å². The van der Waals surface area contributed by atoms with E-state index in [-0.39, 0.29) is 5.91 Å². The fraction of sp³-hybridized carbons (Fsp3) is 0.429. The summed E-state index contributed by atoms with van der Waals surface area (Å²) in [5.41, 5.74) is 0.826. The maximum absolute atomic E-state index is 12.1. The molecule has 0 fully saturated rings. The Morgan fingerprint density at radius 1 is 1.26 bits per heavy atom. The first-order valence-electron chi connectivity index (χ1n) is 5.92. The zero-order valence-corrected chi connectivity index (χ0v) is 13.0. The van der Waals surface area contributed by atoms with Crippen molar-refractivity contribution >= 4 is 27.8 Å². The SMILES string of the molecule is Cc1cc(Br)cc(C(=O)N[C@@H](C(=O)O)C(C)(C)C)c1. The molecule has 0 aliphatic heterocycles. The molecule has 0 heterocycles. The van der Waals surface area contributed by atoms with Crippen molar-refractivity contribution in [1.29, 1.82) is 0 Å². The smallest absolute Gasteiger partial charge is 0.326 e. The average molecular weight is 328 g/mol. The van der Waals surface area contributed by atoms with Crippen molar-refractivity contribution in [3.8, 4) is 0 Å². The van der Waals surface area contributed by atoms with Crippen LogP contribution in [0.3, 0.4) is 0 Å². The Hall–Kier alpha value is -1.36. The van der Waals surface area contributed by atoms with Crippen LogP contribution in [0.4, 0.5) is 0 Å². The van der Waals surface area contributed by atoms with E-state index >= 15 is 0 Å². The second-order valence-electron chi connectivity index (χ2n) is 5.63. The van der Waals surface area contributed by atoms with Crippen LogP contribution in [-0.2, 0) is 4.79 Å². The molecule has 0 saturated heterocycles. The number of nitrogens with one attached hydrogen (secondary N) is 1. The summed E-state index contributed by atoms with van der Waals surface area (Å²) in [6, 6.07) is 4.35. The number of rotatable bonds is 3. The van der Waals surface area contributed by atoms with E-state index < -0.39 is 17.4 Å². The molecule has 1 aromatic carbocycles. The van der Waals surface area contributed by atoms with Gasteiger partial charge >= 0.3 is 5.97 Å². The zero-order valence-electron chi connectivity index (χ0n) is 11.5. The third-order valence-electron chi connectivity index (χ3n) is 2.69. The number of aliphatic carboxylic acids is 1. The molecule has 19 heavy (non-hydrogen) atoms. The summed E-state index contributed by atoms with van der Waals surface area (Å²) in [5.74, 6) is -1.42. The van der Waals surface area contributed by atoms with Crippen LogP contribution in [0.15, 0.2) is 22.7 Å². The summed E-state index contributed by atoms with van der Waals surface area (Å²) < 4.78 is 0.792. The van der Waals surface area contributed by atoms with E-state index in [1.54, 1.807) is 32.9 Å². The Kier molecular flexibility index (Phi) is 4.74. The molecule has 1 aromatic rings. The molecule has 1 atom stereocenters. The highest BCUT2D eigenvalue weighted by Crippen LogP contribution is 2.21. The number of aryl methyl sites for hydroxylation is 1. The number of halogens is 1. The monoisotopic (exact) mass is 327 g/mol. The van der Waals surface area contributed by atoms with E-state index in [1.807, 2.05) is 13.0 Å². The molecule has 0 saturated carbocycles. The van der Waals surface area contributed by atoms with Crippen LogP contribution < -0.4 is 5.32 Å². The summed E-state index contributed by atoms with van der Waals surface area (Å²) in [7, 11) is 0. The molecule has 4 nitrogen and oxygen atoms in total. The molecule has 1 amide bonds. The van der Waals surface area contributed by atoms with Gasteiger partial charge in [0.1, 0.15) is 6.04 Å². The first-order valence-corrected chi connectivity index (χ1v) is 6.71. The molecule has 0 spiro atoms. The molecule has 0 aromatic heterocycles. The Morgan fingerprint density at radius 3 is 2.26 bits per heavy atom. The van der Waals surface area contributed by atoms with Crippen LogP contribution in [0, 0.1) is 12.3 Å². The third kappa shape index (κ3) is 4.35. The van der Waals surface area contributed by atoms with E-state index in [0.29, 0.717) is 5.56 Å². The molecule has 0 radical (unpaired) electrons. The van der Waals surface area contributed by atoms with Gasteiger partial charge in [-0.25, -0.2) is 4.79 Å². The van der Waals surface area contributed by atoms with Gasteiger partial charge in [0, 0.05) is 10.0 Å². The van der Waals surface area contributed by atoms with Gasteiger partial charge in [-0.2, -0.15) is 0 Å². The van der Waals surface area contributed by atoms with E-state index in [4.69, 9.17) is 0 Å². The second-order valence-corrected chi connectivity index (χ2v) is 6.54. The van der Waals surface area contributed by atoms with Gasteiger partial charge in [0.2, 0.25) is 0 Å².